The lowest BCUT2D eigenvalue weighted by atomic mass is 10.3. The van der Waals surface area contributed by atoms with Crippen molar-refractivity contribution in [1.82, 2.24) is 4.98 Å². The Morgan fingerprint density at radius 1 is 1.07 bits per heavy atom. The average Bonchev–Trinajstić information content (AvgIpc) is 2.15. The average molecular weight is 243 g/mol. The van der Waals surface area contributed by atoms with E-state index in [0.29, 0.717) is 0 Å². The predicted molar refractivity (Wildman–Crippen MR) is 74.0 cm³/mol. The molecule has 0 N–H and O–H groups in total. The lowest BCUT2D eigenvalue weighted by Gasteiger charge is -2.18. The minimum Gasteiger partial charge on any atom is -0.257 e. The van der Waals surface area contributed by atoms with Crippen molar-refractivity contribution in [2.45, 2.75) is 32.0 Å². The van der Waals surface area contributed by atoms with Crippen LogP contribution in [0.5, 0.6) is 0 Å². The Kier molecular flexibility index (Phi) is 4.25. The van der Waals surface area contributed by atoms with Gasteiger partial charge in [-0.15, -0.1) is 18.5 Å². The largest absolute Gasteiger partial charge is 0.257 e. The smallest absolute Gasteiger partial charge is 0.0777 e. The van der Waals surface area contributed by atoms with Crippen LogP contribution in [-0.4, -0.2) is 13.1 Å². The molecule has 0 aliphatic rings. The van der Waals surface area contributed by atoms with E-state index in [-0.39, 0.29) is 0 Å². The van der Waals surface area contributed by atoms with E-state index < -0.39 is 8.07 Å². The summed E-state index contributed by atoms with van der Waals surface area (Å²) in [7, 11) is 4.31. The third-order valence-corrected chi connectivity index (χ3v) is 5.07. The number of aromatic nitrogens is 1. The van der Waals surface area contributed by atoms with Crippen molar-refractivity contribution in [2.24, 2.45) is 0 Å². The van der Waals surface area contributed by atoms with Crippen LogP contribution < -0.4 is 5.19 Å². The van der Waals surface area contributed by atoms with Crippen LogP contribution in [0.2, 0.25) is 19.6 Å². The van der Waals surface area contributed by atoms with Gasteiger partial charge in [0.25, 0.3) is 0 Å². The van der Waals surface area contributed by atoms with Gasteiger partial charge in [-0.25, -0.2) is 0 Å². The molecule has 0 fully saturated rings. The molecule has 0 saturated carbocycles. The summed E-state index contributed by atoms with van der Waals surface area (Å²) >= 11 is 0. The van der Waals surface area contributed by atoms with Crippen LogP contribution in [0.25, 0.3) is 0 Å². The first-order chi connectivity index (χ1) is 6.47. The fraction of sp³-hybridized carbons (Fsp3) is 0.500. The molecule has 0 aliphatic carbocycles. The summed E-state index contributed by atoms with van der Waals surface area (Å²) in [6, 6.07) is 4.53. The van der Waals surface area contributed by atoms with Gasteiger partial charge in [-0.1, -0.05) is 24.8 Å². The zero-order chi connectivity index (χ0) is 10.8. The summed E-state index contributed by atoms with van der Waals surface area (Å²) in [5, 5.41) is 1.52. The minimum atomic E-state index is -1.19. The second-order valence-corrected chi connectivity index (χ2v) is 10.4. The molecule has 0 amide bonds. The first-order valence-electron chi connectivity index (χ1n) is 4.88. The van der Waals surface area contributed by atoms with Gasteiger partial charge in [-0.05, 0) is 12.1 Å². The highest BCUT2D eigenvalue weighted by Crippen LogP contribution is 2.10. The van der Waals surface area contributed by atoms with Crippen molar-refractivity contribution < 1.29 is 0 Å². The molecule has 0 bridgehead atoms. The van der Waals surface area contributed by atoms with Gasteiger partial charge < -0.3 is 0 Å². The van der Waals surface area contributed by atoms with E-state index in [1.807, 2.05) is 0 Å². The Morgan fingerprint density at radius 3 is 1.79 bits per heavy atom. The highest BCUT2D eigenvalue weighted by molar-refractivity contribution is 7.15. The zero-order valence-electron chi connectivity index (χ0n) is 9.17. The van der Waals surface area contributed by atoms with E-state index in [9.17, 15) is 0 Å². The minimum absolute atomic E-state index is 0.954. The molecule has 2 unspecified atom stereocenters. The second kappa shape index (κ2) is 4.83. The fourth-order valence-corrected chi connectivity index (χ4v) is 2.91. The number of hydrogen-bond acceptors (Lipinski definition) is 1. The summed E-state index contributed by atoms with van der Waals surface area (Å²) in [6.07, 6.45) is 1.91. The first kappa shape index (κ1) is 12.3. The van der Waals surface area contributed by atoms with Crippen LogP contribution in [0.4, 0.5) is 0 Å². The van der Waals surface area contributed by atoms with Crippen molar-refractivity contribution >= 4 is 31.7 Å². The zero-order valence-corrected chi connectivity index (χ0v) is 12.5. The van der Waals surface area contributed by atoms with Crippen molar-refractivity contribution in [2.75, 3.05) is 0 Å². The molecule has 0 aromatic carbocycles. The Balaban J connectivity index is 3.17. The van der Waals surface area contributed by atoms with E-state index in [1.54, 1.807) is 0 Å². The van der Waals surface area contributed by atoms with Crippen LogP contribution in [-0.2, 0) is 12.3 Å². The molecule has 1 aromatic rings. The predicted octanol–water partition coefficient (Wildman–Crippen LogP) is 2.38. The van der Waals surface area contributed by atoms with E-state index in [4.69, 9.17) is 0 Å². The molecule has 0 spiro atoms. The van der Waals surface area contributed by atoms with Crippen molar-refractivity contribution in [3.05, 3.63) is 23.5 Å². The molecule has 1 nitrogen and oxygen atoms in total. The third-order valence-electron chi connectivity index (χ3n) is 2.22. The van der Waals surface area contributed by atoms with Crippen LogP contribution in [0, 0.1) is 0 Å². The lowest BCUT2D eigenvalue weighted by molar-refractivity contribution is 1.10. The van der Waals surface area contributed by atoms with Gasteiger partial charge in [0.2, 0.25) is 0 Å². The number of pyridine rings is 1. The summed E-state index contributed by atoms with van der Waals surface area (Å²) < 4.78 is 0. The molecular weight excluding hydrogens is 224 g/mol. The number of hydrogen-bond donors (Lipinski definition) is 0. The van der Waals surface area contributed by atoms with Crippen LogP contribution in [0.15, 0.2) is 12.1 Å². The normalized spacial score (nSPS) is 11.8. The molecule has 2 atom stereocenters. The summed E-state index contributed by atoms with van der Waals surface area (Å²) in [4.78, 5) is 4.56. The quantitative estimate of drug-likeness (QED) is 0.586. The second-order valence-electron chi connectivity index (χ2n) is 4.50. The third kappa shape index (κ3) is 3.12. The SMILES string of the molecule is C[Si](C)(C)c1cc(CP)nc(CP)c1. The van der Waals surface area contributed by atoms with Crippen LogP contribution >= 0.6 is 18.5 Å². The molecule has 0 aliphatic heterocycles. The molecule has 1 rings (SSSR count). The maximum atomic E-state index is 4.56. The van der Waals surface area contributed by atoms with Crippen molar-refractivity contribution in [1.29, 1.82) is 0 Å². The highest BCUT2D eigenvalue weighted by atomic mass is 31.0. The molecule has 0 radical (unpaired) electrons. The number of rotatable bonds is 3. The highest BCUT2D eigenvalue weighted by Gasteiger charge is 2.17. The monoisotopic (exact) mass is 243 g/mol. The first-order valence-corrected chi connectivity index (χ1v) is 10.0. The van der Waals surface area contributed by atoms with E-state index in [2.05, 4.69) is 55.2 Å². The van der Waals surface area contributed by atoms with E-state index in [0.717, 1.165) is 12.3 Å². The van der Waals surface area contributed by atoms with Gasteiger partial charge in [-0.2, -0.15) is 0 Å². The molecule has 78 valence electrons. The lowest BCUT2D eigenvalue weighted by Crippen LogP contribution is -2.38. The Bertz CT molecular complexity index is 298. The Labute approximate surface area is 92.5 Å². The van der Waals surface area contributed by atoms with Crippen LogP contribution in [0.3, 0.4) is 0 Å². The van der Waals surface area contributed by atoms with Crippen molar-refractivity contribution in [3.63, 3.8) is 0 Å². The molecular formula is C10H19NP2Si. The summed E-state index contributed by atoms with van der Waals surface area (Å²) in [6.45, 7) is 7.13. The summed E-state index contributed by atoms with van der Waals surface area (Å²) in [5.74, 6) is 0. The maximum Gasteiger partial charge on any atom is 0.0777 e. The van der Waals surface area contributed by atoms with Gasteiger partial charge in [0.05, 0.1) is 8.07 Å². The maximum absolute atomic E-state index is 4.56. The van der Waals surface area contributed by atoms with Crippen LogP contribution in [0.1, 0.15) is 11.4 Å². The van der Waals surface area contributed by atoms with Crippen molar-refractivity contribution in [3.8, 4) is 0 Å². The number of nitrogens with zero attached hydrogens (tertiary/aromatic N) is 1. The molecule has 1 heterocycles. The molecule has 4 heteroatoms. The Morgan fingerprint density at radius 2 is 1.50 bits per heavy atom. The topological polar surface area (TPSA) is 12.9 Å². The van der Waals surface area contributed by atoms with E-state index in [1.165, 1.54) is 16.6 Å². The van der Waals surface area contributed by atoms with Gasteiger partial charge in [0.1, 0.15) is 0 Å². The molecule has 14 heavy (non-hydrogen) atoms. The van der Waals surface area contributed by atoms with Gasteiger partial charge in [0.15, 0.2) is 0 Å². The van der Waals surface area contributed by atoms with E-state index >= 15 is 0 Å². The molecule has 0 saturated heterocycles. The fourth-order valence-electron chi connectivity index (χ4n) is 1.29. The summed E-state index contributed by atoms with van der Waals surface area (Å²) in [5.41, 5.74) is 2.40. The van der Waals surface area contributed by atoms with Gasteiger partial charge in [-0.3, -0.25) is 4.98 Å². The standard InChI is InChI=1S/C10H19NP2Si/c1-14(2,3)10-4-8(6-12)11-9(5-10)7-13/h4-5H,6-7,12-13H2,1-3H3. The van der Waals surface area contributed by atoms with Gasteiger partial charge in [0, 0.05) is 23.7 Å². The Hall–Kier alpha value is 0.227. The van der Waals surface area contributed by atoms with Gasteiger partial charge >= 0.3 is 0 Å². The molecule has 1 aromatic heterocycles.